The van der Waals surface area contributed by atoms with Crippen molar-refractivity contribution < 1.29 is 9.90 Å². The number of hydrogen-bond acceptors (Lipinski definition) is 4. The maximum atomic E-state index is 12.2. The van der Waals surface area contributed by atoms with Gasteiger partial charge < -0.3 is 10.0 Å². The molecule has 1 heterocycles. The van der Waals surface area contributed by atoms with Gasteiger partial charge in [-0.15, -0.1) is 0 Å². The molecule has 0 radical (unpaired) electrons. The van der Waals surface area contributed by atoms with Crippen molar-refractivity contribution in [2.45, 2.75) is 6.92 Å². The molecule has 5 nitrogen and oxygen atoms in total. The Morgan fingerprint density at radius 2 is 2.22 bits per heavy atom. The molecule has 0 aliphatic heterocycles. The average Bonchev–Trinajstić information content (AvgIpc) is 2.40. The summed E-state index contributed by atoms with van der Waals surface area (Å²) in [5.74, 6) is -0.117. The van der Waals surface area contributed by atoms with Crippen LogP contribution in [0.2, 0.25) is 0 Å². The summed E-state index contributed by atoms with van der Waals surface area (Å²) < 4.78 is 0. The van der Waals surface area contributed by atoms with Gasteiger partial charge in [0.2, 0.25) is 0 Å². The lowest BCUT2D eigenvalue weighted by molar-refractivity contribution is 0.0983. The van der Waals surface area contributed by atoms with Crippen LogP contribution >= 0.6 is 0 Å². The van der Waals surface area contributed by atoms with Crippen molar-refractivity contribution >= 4 is 11.6 Å². The molecule has 0 spiro atoms. The molecule has 2 aromatic rings. The van der Waals surface area contributed by atoms with E-state index in [1.807, 2.05) is 6.92 Å². The third kappa shape index (κ3) is 2.45. The highest BCUT2D eigenvalue weighted by atomic mass is 16.3. The third-order valence-electron chi connectivity index (χ3n) is 2.49. The van der Waals surface area contributed by atoms with Gasteiger partial charge in [0.1, 0.15) is 11.4 Å². The van der Waals surface area contributed by atoms with Crippen molar-refractivity contribution in [3.63, 3.8) is 0 Å². The first kappa shape index (κ1) is 12.0. The molecule has 0 fully saturated rings. The summed E-state index contributed by atoms with van der Waals surface area (Å²) in [6, 6.07) is 6.55. The van der Waals surface area contributed by atoms with E-state index in [1.54, 1.807) is 18.2 Å². The number of amides is 1. The summed E-state index contributed by atoms with van der Waals surface area (Å²) in [7, 11) is 0. The molecule has 18 heavy (non-hydrogen) atoms. The van der Waals surface area contributed by atoms with E-state index in [4.69, 9.17) is 0 Å². The van der Waals surface area contributed by atoms with E-state index >= 15 is 0 Å². The second kappa shape index (κ2) is 5.27. The zero-order valence-electron chi connectivity index (χ0n) is 9.95. The van der Waals surface area contributed by atoms with Crippen molar-refractivity contribution in [1.29, 1.82) is 0 Å². The zero-order valence-corrected chi connectivity index (χ0v) is 9.95. The lowest BCUT2D eigenvalue weighted by atomic mass is 10.2. The third-order valence-corrected chi connectivity index (χ3v) is 2.49. The van der Waals surface area contributed by atoms with Gasteiger partial charge in [0, 0.05) is 30.7 Å². The summed E-state index contributed by atoms with van der Waals surface area (Å²) >= 11 is 0. The van der Waals surface area contributed by atoms with E-state index in [2.05, 4.69) is 9.97 Å². The van der Waals surface area contributed by atoms with Crippen LogP contribution in [0, 0.1) is 0 Å². The van der Waals surface area contributed by atoms with E-state index in [1.165, 1.54) is 29.6 Å². The van der Waals surface area contributed by atoms with Crippen LogP contribution in [-0.2, 0) is 0 Å². The summed E-state index contributed by atoms with van der Waals surface area (Å²) in [5, 5.41) is 9.44. The average molecular weight is 243 g/mol. The Bertz CT molecular complexity index is 543. The first-order valence-electron chi connectivity index (χ1n) is 5.59. The predicted octanol–water partition coefficient (Wildman–Crippen LogP) is 1.85. The minimum absolute atomic E-state index is 0.123. The van der Waals surface area contributed by atoms with E-state index in [-0.39, 0.29) is 17.4 Å². The molecule has 0 atom stereocenters. The van der Waals surface area contributed by atoms with E-state index < -0.39 is 0 Å². The van der Waals surface area contributed by atoms with Crippen LogP contribution in [0.1, 0.15) is 17.4 Å². The smallest absolute Gasteiger partial charge is 0.278 e. The summed E-state index contributed by atoms with van der Waals surface area (Å²) in [6.45, 7) is 2.34. The van der Waals surface area contributed by atoms with Gasteiger partial charge in [-0.3, -0.25) is 9.78 Å². The minimum atomic E-state index is -0.240. The number of nitrogens with zero attached hydrogens (tertiary/aromatic N) is 3. The molecule has 1 aromatic carbocycles. The van der Waals surface area contributed by atoms with Crippen LogP contribution in [0.25, 0.3) is 0 Å². The number of aromatic hydroxyl groups is 1. The van der Waals surface area contributed by atoms with Gasteiger partial charge in [0.25, 0.3) is 5.91 Å². The van der Waals surface area contributed by atoms with E-state index in [9.17, 15) is 9.90 Å². The standard InChI is InChI=1S/C13H13N3O2/c1-2-16(10-4-3-5-11(17)8-10)13(18)12-9-14-6-7-15-12/h3-9,17H,2H2,1H3. The number of carbonyl (C=O) groups is 1. The van der Waals surface area contributed by atoms with Crippen molar-refractivity contribution in [2.24, 2.45) is 0 Å². The molecule has 0 unspecified atom stereocenters. The number of phenols is 1. The zero-order chi connectivity index (χ0) is 13.0. The maximum absolute atomic E-state index is 12.2. The van der Waals surface area contributed by atoms with Crippen molar-refractivity contribution in [2.75, 3.05) is 11.4 Å². The van der Waals surface area contributed by atoms with Gasteiger partial charge in [-0.25, -0.2) is 4.98 Å². The van der Waals surface area contributed by atoms with Crippen LogP contribution in [-0.4, -0.2) is 27.5 Å². The van der Waals surface area contributed by atoms with Crippen LogP contribution in [0.15, 0.2) is 42.9 Å². The number of aromatic nitrogens is 2. The summed E-state index contributed by atoms with van der Waals surface area (Å²) in [4.78, 5) is 21.6. The second-order valence-corrected chi connectivity index (χ2v) is 3.66. The lowest BCUT2D eigenvalue weighted by Gasteiger charge is -2.20. The van der Waals surface area contributed by atoms with Crippen LogP contribution in [0.3, 0.4) is 0 Å². The molecule has 1 aromatic heterocycles. The molecule has 1 N–H and O–H groups in total. The number of benzene rings is 1. The molecule has 0 saturated heterocycles. The second-order valence-electron chi connectivity index (χ2n) is 3.66. The van der Waals surface area contributed by atoms with Gasteiger partial charge in [0.15, 0.2) is 0 Å². The Labute approximate surface area is 105 Å². The molecule has 2 rings (SSSR count). The number of carbonyl (C=O) groups excluding carboxylic acids is 1. The topological polar surface area (TPSA) is 66.3 Å². The number of phenolic OH excluding ortho intramolecular Hbond substituents is 1. The Kier molecular flexibility index (Phi) is 3.52. The number of rotatable bonds is 3. The molecule has 0 aliphatic carbocycles. The summed E-state index contributed by atoms with van der Waals surface area (Å²) in [6.07, 6.45) is 4.42. The van der Waals surface area contributed by atoms with Crippen LogP contribution in [0.4, 0.5) is 5.69 Å². The van der Waals surface area contributed by atoms with Crippen molar-refractivity contribution in [3.8, 4) is 5.75 Å². The fourth-order valence-corrected chi connectivity index (χ4v) is 1.65. The van der Waals surface area contributed by atoms with Gasteiger partial charge in [0.05, 0.1) is 6.20 Å². The molecular weight excluding hydrogens is 230 g/mol. The first-order chi connectivity index (χ1) is 8.72. The monoisotopic (exact) mass is 243 g/mol. The highest BCUT2D eigenvalue weighted by Gasteiger charge is 2.17. The quantitative estimate of drug-likeness (QED) is 0.893. The molecule has 92 valence electrons. The van der Waals surface area contributed by atoms with Gasteiger partial charge in [-0.1, -0.05) is 6.07 Å². The fourth-order valence-electron chi connectivity index (χ4n) is 1.65. The largest absolute Gasteiger partial charge is 0.508 e. The Balaban J connectivity index is 2.32. The lowest BCUT2D eigenvalue weighted by Crippen LogP contribution is -2.31. The molecule has 5 heteroatoms. The molecular formula is C13H13N3O2. The van der Waals surface area contributed by atoms with E-state index in [0.29, 0.717) is 12.2 Å². The minimum Gasteiger partial charge on any atom is -0.508 e. The number of hydrogen-bond donors (Lipinski definition) is 1. The van der Waals surface area contributed by atoms with Crippen LogP contribution in [0.5, 0.6) is 5.75 Å². The first-order valence-corrected chi connectivity index (χ1v) is 5.59. The molecule has 1 amide bonds. The van der Waals surface area contributed by atoms with Gasteiger partial charge in [-0.05, 0) is 19.1 Å². The fraction of sp³-hybridized carbons (Fsp3) is 0.154. The normalized spacial score (nSPS) is 10.1. The predicted molar refractivity (Wildman–Crippen MR) is 67.5 cm³/mol. The Hall–Kier alpha value is -2.43. The van der Waals surface area contributed by atoms with E-state index in [0.717, 1.165) is 0 Å². The molecule has 0 aliphatic rings. The Morgan fingerprint density at radius 3 is 2.83 bits per heavy atom. The van der Waals surface area contributed by atoms with Crippen LogP contribution < -0.4 is 4.90 Å². The van der Waals surface area contributed by atoms with Crippen molar-refractivity contribution in [3.05, 3.63) is 48.5 Å². The van der Waals surface area contributed by atoms with Crippen molar-refractivity contribution in [1.82, 2.24) is 9.97 Å². The Morgan fingerprint density at radius 1 is 1.39 bits per heavy atom. The highest BCUT2D eigenvalue weighted by molar-refractivity contribution is 6.04. The van der Waals surface area contributed by atoms with Gasteiger partial charge in [-0.2, -0.15) is 0 Å². The molecule has 0 saturated carbocycles. The SMILES string of the molecule is CCN(C(=O)c1cnccn1)c1cccc(O)c1. The molecule has 0 bridgehead atoms. The highest BCUT2D eigenvalue weighted by Crippen LogP contribution is 2.21. The van der Waals surface area contributed by atoms with Gasteiger partial charge >= 0.3 is 0 Å². The maximum Gasteiger partial charge on any atom is 0.278 e. The number of anilines is 1. The summed E-state index contributed by atoms with van der Waals surface area (Å²) in [5.41, 5.74) is 0.913.